The van der Waals surface area contributed by atoms with Gasteiger partial charge >= 0.3 is 0 Å². The van der Waals surface area contributed by atoms with Gasteiger partial charge < -0.3 is 0 Å². The summed E-state index contributed by atoms with van der Waals surface area (Å²) in [5.41, 5.74) is 0.990. The van der Waals surface area contributed by atoms with E-state index in [-0.39, 0.29) is 0 Å². The maximum Gasteiger partial charge on any atom is 0.231 e. The number of aromatic nitrogens is 1. The van der Waals surface area contributed by atoms with E-state index < -0.39 is 0 Å². The molecule has 0 N–H and O–H groups in total. The summed E-state index contributed by atoms with van der Waals surface area (Å²) in [6, 6.07) is 0. The van der Waals surface area contributed by atoms with Crippen molar-refractivity contribution < 1.29 is 0 Å². The SMILES string of the molecule is Cc1nc(N=NCl)sc1C. The van der Waals surface area contributed by atoms with E-state index in [9.17, 15) is 0 Å². The highest BCUT2D eigenvalue weighted by molar-refractivity contribution is 7.15. The molecule has 0 fully saturated rings. The fraction of sp³-hybridized carbons (Fsp3) is 0.400. The van der Waals surface area contributed by atoms with Gasteiger partial charge in [-0.2, -0.15) is 0 Å². The molecule has 1 rings (SSSR count). The third-order valence-electron chi connectivity index (χ3n) is 1.14. The Morgan fingerprint density at radius 3 is 2.60 bits per heavy atom. The van der Waals surface area contributed by atoms with E-state index in [1.807, 2.05) is 13.8 Å². The van der Waals surface area contributed by atoms with Crippen molar-refractivity contribution in [3.8, 4) is 0 Å². The first-order chi connectivity index (χ1) is 4.74. The van der Waals surface area contributed by atoms with Crippen molar-refractivity contribution in [2.75, 3.05) is 0 Å². The van der Waals surface area contributed by atoms with Crippen molar-refractivity contribution in [2.45, 2.75) is 13.8 Å². The topological polar surface area (TPSA) is 37.6 Å². The number of thiazole rings is 1. The molecule has 5 heteroatoms. The zero-order chi connectivity index (χ0) is 7.56. The van der Waals surface area contributed by atoms with E-state index in [2.05, 4.69) is 14.7 Å². The van der Waals surface area contributed by atoms with Gasteiger partial charge in [0.1, 0.15) is 0 Å². The van der Waals surface area contributed by atoms with Gasteiger partial charge in [-0.15, -0.1) is 5.11 Å². The van der Waals surface area contributed by atoms with E-state index in [1.165, 1.54) is 11.3 Å². The minimum Gasteiger partial charge on any atom is -0.222 e. The molecule has 0 aliphatic carbocycles. The standard InChI is InChI=1S/C5H6ClN3S/c1-3-4(2)10-5(7-3)8-9-6/h1-2H3. The van der Waals surface area contributed by atoms with Crippen LogP contribution in [0.4, 0.5) is 5.13 Å². The monoisotopic (exact) mass is 175 g/mol. The maximum atomic E-state index is 5.02. The molecular formula is C5H6ClN3S. The molecule has 0 saturated heterocycles. The van der Waals surface area contributed by atoms with E-state index >= 15 is 0 Å². The first-order valence-electron chi connectivity index (χ1n) is 2.70. The van der Waals surface area contributed by atoms with Gasteiger partial charge in [-0.25, -0.2) is 4.98 Å². The predicted octanol–water partition coefficient (Wildman–Crippen LogP) is 3.00. The molecule has 10 heavy (non-hydrogen) atoms. The molecule has 0 aromatic carbocycles. The molecule has 1 aromatic rings. The third kappa shape index (κ3) is 1.52. The lowest BCUT2D eigenvalue weighted by Gasteiger charge is -1.77. The van der Waals surface area contributed by atoms with Crippen LogP contribution >= 0.6 is 23.1 Å². The maximum absolute atomic E-state index is 5.02. The fourth-order valence-corrected chi connectivity index (χ4v) is 1.38. The van der Waals surface area contributed by atoms with Crippen LogP contribution < -0.4 is 0 Å². The third-order valence-corrected chi connectivity index (χ3v) is 2.17. The van der Waals surface area contributed by atoms with Crippen LogP contribution in [-0.2, 0) is 0 Å². The van der Waals surface area contributed by atoms with Crippen LogP contribution in [0.15, 0.2) is 9.75 Å². The Bertz CT molecular complexity index is 236. The van der Waals surface area contributed by atoms with Gasteiger partial charge in [-0.05, 0) is 13.8 Å². The normalized spacial score (nSPS) is 11.1. The Balaban J connectivity index is 2.98. The van der Waals surface area contributed by atoms with Gasteiger partial charge in [0, 0.05) is 4.88 Å². The second kappa shape index (κ2) is 3.07. The minimum atomic E-state index is 0.616. The average molecular weight is 176 g/mol. The second-order valence-corrected chi connectivity index (χ2v) is 3.15. The molecule has 0 atom stereocenters. The Morgan fingerprint density at radius 2 is 2.20 bits per heavy atom. The van der Waals surface area contributed by atoms with E-state index in [0.29, 0.717) is 5.13 Å². The Kier molecular flexibility index (Phi) is 2.34. The van der Waals surface area contributed by atoms with Gasteiger partial charge in [0.05, 0.1) is 17.5 Å². The number of hydrogen-bond donors (Lipinski definition) is 0. The molecule has 1 aromatic heterocycles. The van der Waals surface area contributed by atoms with E-state index in [0.717, 1.165) is 10.6 Å². The molecule has 0 unspecified atom stereocenters. The number of halogens is 1. The molecule has 0 aliphatic heterocycles. The highest BCUT2D eigenvalue weighted by Gasteiger charge is 2.00. The molecule has 0 amide bonds. The lowest BCUT2D eigenvalue weighted by molar-refractivity contribution is 1.18. The highest BCUT2D eigenvalue weighted by Crippen LogP contribution is 2.23. The van der Waals surface area contributed by atoms with Crippen LogP contribution in [0.25, 0.3) is 0 Å². The summed E-state index contributed by atoms with van der Waals surface area (Å²) in [6.45, 7) is 3.92. The van der Waals surface area contributed by atoms with Crippen molar-refractivity contribution in [3.63, 3.8) is 0 Å². The van der Waals surface area contributed by atoms with Crippen molar-refractivity contribution in [1.82, 2.24) is 4.98 Å². The highest BCUT2D eigenvalue weighted by atomic mass is 35.5. The van der Waals surface area contributed by atoms with E-state index in [4.69, 9.17) is 11.8 Å². The van der Waals surface area contributed by atoms with E-state index in [1.54, 1.807) is 0 Å². The summed E-state index contributed by atoms with van der Waals surface area (Å²) >= 11 is 6.51. The summed E-state index contributed by atoms with van der Waals surface area (Å²) in [6.07, 6.45) is 0. The average Bonchev–Trinajstić information content (AvgIpc) is 2.14. The number of aryl methyl sites for hydroxylation is 2. The number of hydrogen-bond acceptors (Lipinski definition) is 4. The van der Waals surface area contributed by atoms with Gasteiger partial charge in [-0.3, -0.25) is 0 Å². The summed E-state index contributed by atoms with van der Waals surface area (Å²) in [7, 11) is 0. The van der Waals surface area contributed by atoms with Gasteiger partial charge in [0.15, 0.2) is 0 Å². The Labute approximate surface area is 67.9 Å². The summed E-state index contributed by atoms with van der Waals surface area (Å²) in [5.74, 6) is 0. The molecule has 0 bridgehead atoms. The molecule has 0 spiro atoms. The van der Waals surface area contributed by atoms with Crippen LogP contribution in [0, 0.1) is 13.8 Å². The molecule has 1 heterocycles. The smallest absolute Gasteiger partial charge is 0.222 e. The van der Waals surface area contributed by atoms with Gasteiger partial charge in [-0.1, -0.05) is 16.0 Å². The zero-order valence-corrected chi connectivity index (χ0v) is 7.20. The lowest BCUT2D eigenvalue weighted by Crippen LogP contribution is -1.69. The first-order valence-corrected chi connectivity index (χ1v) is 3.85. The fourth-order valence-electron chi connectivity index (χ4n) is 0.531. The van der Waals surface area contributed by atoms with Crippen LogP contribution in [-0.4, -0.2) is 4.98 Å². The van der Waals surface area contributed by atoms with Crippen LogP contribution in [0.2, 0.25) is 0 Å². The Morgan fingerprint density at radius 1 is 1.50 bits per heavy atom. The van der Waals surface area contributed by atoms with Crippen molar-refractivity contribution in [2.24, 2.45) is 9.75 Å². The molecule has 54 valence electrons. The van der Waals surface area contributed by atoms with Crippen molar-refractivity contribution >= 4 is 28.2 Å². The molecular weight excluding hydrogens is 170 g/mol. The summed E-state index contributed by atoms with van der Waals surface area (Å²) in [5, 5.41) is 4.20. The summed E-state index contributed by atoms with van der Waals surface area (Å²) in [4.78, 5) is 5.23. The molecule has 0 saturated carbocycles. The van der Waals surface area contributed by atoms with Crippen LogP contribution in [0.1, 0.15) is 10.6 Å². The number of nitrogens with zero attached hydrogens (tertiary/aromatic N) is 3. The first kappa shape index (κ1) is 7.63. The largest absolute Gasteiger partial charge is 0.231 e. The molecule has 3 nitrogen and oxygen atoms in total. The van der Waals surface area contributed by atoms with Gasteiger partial charge in [0.25, 0.3) is 0 Å². The zero-order valence-electron chi connectivity index (χ0n) is 5.63. The predicted molar refractivity (Wildman–Crippen MR) is 42.0 cm³/mol. The summed E-state index contributed by atoms with van der Waals surface area (Å²) < 4.78 is 3.11. The van der Waals surface area contributed by atoms with Crippen molar-refractivity contribution in [1.29, 1.82) is 0 Å². The lowest BCUT2D eigenvalue weighted by atomic mass is 10.4. The quantitative estimate of drug-likeness (QED) is 0.605. The number of rotatable bonds is 1. The van der Waals surface area contributed by atoms with Crippen LogP contribution in [0.5, 0.6) is 0 Å². The second-order valence-electron chi connectivity index (χ2n) is 1.81. The Hall–Kier alpha value is -0.480. The minimum absolute atomic E-state index is 0.616. The van der Waals surface area contributed by atoms with Crippen LogP contribution in [0.3, 0.4) is 0 Å². The van der Waals surface area contributed by atoms with Gasteiger partial charge in [0.2, 0.25) is 5.13 Å². The van der Waals surface area contributed by atoms with Crippen molar-refractivity contribution in [3.05, 3.63) is 10.6 Å². The molecule has 0 radical (unpaired) electrons. The molecule has 0 aliphatic rings.